The molecule has 4 saturated carbocycles. The van der Waals surface area contributed by atoms with Gasteiger partial charge in [0.25, 0.3) is 5.91 Å². The zero-order valence-electron chi connectivity index (χ0n) is 22.6. The van der Waals surface area contributed by atoms with Crippen LogP contribution in [0.2, 0.25) is 0 Å². The summed E-state index contributed by atoms with van der Waals surface area (Å²) in [4.78, 5) is 23.9. The summed E-state index contributed by atoms with van der Waals surface area (Å²) in [6, 6.07) is 0. The number of carbonyl (C=O) groups is 2. The number of fused-ring (bicyclic) bond motifs is 5. The first-order chi connectivity index (χ1) is 17.6. The third-order valence-electron chi connectivity index (χ3n) is 11.2. The van der Waals surface area contributed by atoms with Gasteiger partial charge >= 0.3 is 15.5 Å². The molecule has 0 aromatic rings. The van der Waals surface area contributed by atoms with Crippen LogP contribution >= 0.6 is 0 Å². The van der Waals surface area contributed by atoms with Gasteiger partial charge in [0, 0.05) is 6.42 Å². The molecule has 0 aromatic heterocycles. The Morgan fingerprint density at radius 3 is 2.32 bits per heavy atom. The Hall–Kier alpha value is -1.36. The van der Waals surface area contributed by atoms with E-state index in [-0.39, 0.29) is 23.9 Å². The first-order valence-electron chi connectivity index (χ1n) is 14.1. The lowest BCUT2D eigenvalue weighted by molar-refractivity contribution is -0.130. The predicted octanol–water partition coefficient (Wildman–Crippen LogP) is 4.50. The van der Waals surface area contributed by atoms with Crippen LogP contribution in [0.3, 0.4) is 0 Å². The van der Waals surface area contributed by atoms with E-state index >= 15 is 0 Å². The molecule has 4 rings (SSSR count). The van der Waals surface area contributed by atoms with Crippen molar-refractivity contribution in [1.82, 2.24) is 10.0 Å². The molecule has 38 heavy (non-hydrogen) atoms. The standard InChI is InChI=1S/C27H43F3N2O5S/c1-16(4-9-23(34)31-15-24(35)32-38(36,37)27(28,29)30)20-7-8-21-19-6-5-17-14-18(33)10-12-25(17,2)22(19)11-13-26(20,21)3/h16-22,33H,4-15H2,1-3H3,(H,31,34)(H,32,35)/t16-,17-,18-,19+,20-,21+,22+,25+,26-/m1/s1. The van der Waals surface area contributed by atoms with Crippen molar-refractivity contribution in [2.75, 3.05) is 6.54 Å². The van der Waals surface area contributed by atoms with Gasteiger partial charge in [-0.15, -0.1) is 0 Å². The molecule has 218 valence electrons. The topological polar surface area (TPSA) is 113 Å². The summed E-state index contributed by atoms with van der Waals surface area (Å²) < 4.78 is 60.2. The summed E-state index contributed by atoms with van der Waals surface area (Å²) >= 11 is 0. The van der Waals surface area contributed by atoms with E-state index in [9.17, 15) is 36.3 Å². The highest BCUT2D eigenvalue weighted by Gasteiger charge is 2.60. The quantitative estimate of drug-likeness (QED) is 0.421. The lowest BCUT2D eigenvalue weighted by Crippen LogP contribution is -2.54. The van der Waals surface area contributed by atoms with Crippen molar-refractivity contribution < 1.29 is 36.3 Å². The molecular formula is C27H43F3N2O5S. The minimum Gasteiger partial charge on any atom is -0.393 e. The van der Waals surface area contributed by atoms with Crippen molar-refractivity contribution in [1.29, 1.82) is 0 Å². The van der Waals surface area contributed by atoms with Crippen LogP contribution in [0.1, 0.15) is 91.4 Å². The molecule has 9 atom stereocenters. The van der Waals surface area contributed by atoms with Gasteiger partial charge in [-0.1, -0.05) is 20.8 Å². The van der Waals surface area contributed by atoms with Crippen LogP contribution in [0.25, 0.3) is 0 Å². The second-order valence-corrected chi connectivity index (χ2v) is 14.8. The van der Waals surface area contributed by atoms with Crippen LogP contribution in [0.4, 0.5) is 13.2 Å². The molecule has 4 aliphatic rings. The van der Waals surface area contributed by atoms with Gasteiger partial charge in [-0.05, 0) is 111 Å². The van der Waals surface area contributed by atoms with Crippen molar-refractivity contribution in [3.8, 4) is 0 Å². The fraction of sp³-hybridized carbons (Fsp3) is 0.926. The highest BCUT2D eigenvalue weighted by Crippen LogP contribution is 2.68. The van der Waals surface area contributed by atoms with E-state index < -0.39 is 33.9 Å². The first-order valence-corrected chi connectivity index (χ1v) is 15.6. The SMILES string of the molecule is C[C@H](CCC(=O)NCC(=O)NS(=O)(=O)C(F)(F)F)[C@H]1CC[C@H]2[C@@H]3CC[C@@H]4C[C@H](O)CC[C@]4(C)[C@H]3CC[C@]12C. The minimum atomic E-state index is -5.78. The highest BCUT2D eigenvalue weighted by atomic mass is 32.2. The molecule has 0 bridgehead atoms. The van der Waals surface area contributed by atoms with Gasteiger partial charge in [0.15, 0.2) is 0 Å². The Kier molecular flexibility index (Phi) is 8.23. The zero-order chi connectivity index (χ0) is 28.1. The van der Waals surface area contributed by atoms with E-state index in [2.05, 4.69) is 26.1 Å². The van der Waals surface area contributed by atoms with Crippen LogP contribution in [0, 0.1) is 46.3 Å². The van der Waals surface area contributed by atoms with Crippen LogP contribution in [0.15, 0.2) is 0 Å². The Balaban J connectivity index is 1.29. The van der Waals surface area contributed by atoms with Gasteiger partial charge in [-0.3, -0.25) is 9.59 Å². The molecule has 4 aliphatic carbocycles. The number of aliphatic hydroxyl groups excluding tert-OH is 1. The number of hydrogen-bond donors (Lipinski definition) is 3. The summed E-state index contributed by atoms with van der Waals surface area (Å²) in [5.41, 5.74) is -5.04. The maximum absolute atomic E-state index is 12.4. The summed E-state index contributed by atoms with van der Waals surface area (Å²) in [7, 11) is -5.78. The number of nitrogens with one attached hydrogen (secondary N) is 2. The molecule has 4 fully saturated rings. The molecule has 2 amide bonds. The fourth-order valence-corrected chi connectivity index (χ4v) is 9.77. The maximum Gasteiger partial charge on any atom is 0.516 e. The van der Waals surface area contributed by atoms with E-state index in [0.29, 0.717) is 29.6 Å². The van der Waals surface area contributed by atoms with E-state index in [1.807, 2.05) is 0 Å². The van der Waals surface area contributed by atoms with Crippen molar-refractivity contribution in [3.63, 3.8) is 0 Å². The average molecular weight is 565 g/mol. The van der Waals surface area contributed by atoms with Crippen LogP contribution in [0.5, 0.6) is 0 Å². The average Bonchev–Trinajstić information content (AvgIpc) is 3.18. The summed E-state index contributed by atoms with van der Waals surface area (Å²) in [6.45, 7) is 6.26. The van der Waals surface area contributed by atoms with E-state index in [1.165, 1.54) is 32.1 Å². The summed E-state index contributed by atoms with van der Waals surface area (Å²) in [6.07, 6.45) is 10.8. The highest BCUT2D eigenvalue weighted by molar-refractivity contribution is 7.90. The second kappa shape index (κ2) is 10.6. The molecule has 3 N–H and O–H groups in total. The van der Waals surface area contributed by atoms with Crippen LogP contribution < -0.4 is 10.0 Å². The molecule has 0 unspecified atom stereocenters. The molecular weight excluding hydrogens is 521 g/mol. The number of alkyl halides is 3. The molecule has 0 radical (unpaired) electrons. The summed E-state index contributed by atoms with van der Waals surface area (Å²) in [5.74, 6) is 1.60. The Bertz CT molecular complexity index is 1020. The van der Waals surface area contributed by atoms with Crippen molar-refractivity contribution in [2.24, 2.45) is 46.3 Å². The number of amides is 2. The van der Waals surface area contributed by atoms with E-state index in [4.69, 9.17) is 0 Å². The third-order valence-corrected chi connectivity index (χ3v) is 12.3. The van der Waals surface area contributed by atoms with Crippen molar-refractivity contribution >= 4 is 21.8 Å². The van der Waals surface area contributed by atoms with Crippen molar-refractivity contribution in [3.05, 3.63) is 0 Å². The van der Waals surface area contributed by atoms with Crippen LogP contribution in [-0.2, 0) is 19.6 Å². The van der Waals surface area contributed by atoms with Gasteiger partial charge in [0.1, 0.15) is 0 Å². The van der Waals surface area contributed by atoms with E-state index in [1.54, 1.807) is 0 Å². The fourth-order valence-electron chi connectivity index (χ4n) is 9.28. The number of aliphatic hydroxyl groups is 1. The normalized spacial score (nSPS) is 39.9. The smallest absolute Gasteiger partial charge is 0.393 e. The molecule has 0 saturated heterocycles. The Morgan fingerprint density at radius 1 is 0.974 bits per heavy atom. The van der Waals surface area contributed by atoms with Gasteiger partial charge in [0.05, 0.1) is 12.6 Å². The second-order valence-electron chi connectivity index (χ2n) is 13.1. The van der Waals surface area contributed by atoms with Gasteiger partial charge in [0.2, 0.25) is 5.91 Å². The number of hydrogen-bond acceptors (Lipinski definition) is 5. The molecule has 0 aromatic carbocycles. The van der Waals surface area contributed by atoms with E-state index in [0.717, 1.165) is 42.2 Å². The first kappa shape index (κ1) is 29.6. The lowest BCUT2D eigenvalue weighted by Gasteiger charge is -2.61. The zero-order valence-corrected chi connectivity index (χ0v) is 23.5. The molecule has 0 heterocycles. The lowest BCUT2D eigenvalue weighted by atomic mass is 9.44. The number of halogens is 3. The summed E-state index contributed by atoms with van der Waals surface area (Å²) in [5, 5.41) is 12.5. The molecule has 11 heteroatoms. The monoisotopic (exact) mass is 564 g/mol. The number of rotatable bonds is 7. The van der Waals surface area contributed by atoms with Crippen molar-refractivity contribution in [2.45, 2.75) is 103 Å². The van der Waals surface area contributed by atoms with Gasteiger partial charge in [-0.25, -0.2) is 4.72 Å². The third kappa shape index (κ3) is 5.47. The Morgan fingerprint density at radius 2 is 1.63 bits per heavy atom. The predicted molar refractivity (Wildman–Crippen MR) is 136 cm³/mol. The molecule has 0 spiro atoms. The van der Waals surface area contributed by atoms with Crippen LogP contribution in [-0.4, -0.2) is 43.5 Å². The minimum absolute atomic E-state index is 0.131. The maximum atomic E-state index is 12.4. The Labute approximate surface area is 224 Å². The van der Waals surface area contributed by atoms with Gasteiger partial charge < -0.3 is 10.4 Å². The van der Waals surface area contributed by atoms with Gasteiger partial charge in [-0.2, -0.15) is 21.6 Å². The number of carbonyl (C=O) groups excluding carboxylic acids is 2. The largest absolute Gasteiger partial charge is 0.516 e. The number of sulfonamides is 1. The molecule has 7 nitrogen and oxygen atoms in total. The molecule has 0 aliphatic heterocycles.